The van der Waals surface area contributed by atoms with Crippen LogP contribution in [0.2, 0.25) is 0 Å². The zero-order valence-electron chi connectivity index (χ0n) is 12.7. The number of hydrogen-bond donors (Lipinski definition) is 2. The second-order valence-corrected chi connectivity index (χ2v) is 4.88. The Balaban J connectivity index is 3.00. The third-order valence-corrected chi connectivity index (χ3v) is 2.94. The van der Waals surface area contributed by atoms with E-state index in [9.17, 15) is 4.79 Å². The molecule has 0 spiro atoms. The first-order chi connectivity index (χ1) is 10.1. The van der Waals surface area contributed by atoms with Crippen LogP contribution in [0.5, 0.6) is 0 Å². The standard InChI is InChI=1S/C17H23NO3/c1-3-7-18(8-10-20)17(21)16-12-14(2)11-15(13-16)6-4-5-9-19/h11-13,19-20H,3,5,7-10H2,1-2H3. The Morgan fingerprint density at radius 2 is 1.95 bits per heavy atom. The normalized spacial score (nSPS) is 9.90. The van der Waals surface area contributed by atoms with Gasteiger partial charge in [-0.2, -0.15) is 0 Å². The van der Waals surface area contributed by atoms with Crippen molar-refractivity contribution in [3.63, 3.8) is 0 Å². The number of aliphatic hydroxyl groups is 2. The summed E-state index contributed by atoms with van der Waals surface area (Å²) in [5.74, 6) is 5.73. The van der Waals surface area contributed by atoms with E-state index in [1.807, 2.05) is 26.0 Å². The van der Waals surface area contributed by atoms with Crippen LogP contribution in [-0.4, -0.2) is 47.3 Å². The van der Waals surface area contributed by atoms with Crippen LogP contribution in [0.3, 0.4) is 0 Å². The van der Waals surface area contributed by atoms with Gasteiger partial charge in [0.15, 0.2) is 0 Å². The Hall–Kier alpha value is -1.83. The largest absolute Gasteiger partial charge is 0.395 e. The summed E-state index contributed by atoms with van der Waals surface area (Å²) in [6.45, 7) is 4.88. The van der Waals surface area contributed by atoms with Crippen molar-refractivity contribution in [1.82, 2.24) is 4.90 Å². The van der Waals surface area contributed by atoms with Crippen molar-refractivity contribution in [2.24, 2.45) is 0 Å². The average Bonchev–Trinajstić information content (AvgIpc) is 2.46. The molecule has 21 heavy (non-hydrogen) atoms. The minimum absolute atomic E-state index is 0.0331. The molecular weight excluding hydrogens is 266 g/mol. The number of aryl methyl sites for hydroxylation is 1. The van der Waals surface area contributed by atoms with Crippen molar-refractivity contribution in [2.45, 2.75) is 26.7 Å². The molecule has 0 saturated heterocycles. The molecule has 1 aromatic carbocycles. The first-order valence-corrected chi connectivity index (χ1v) is 7.24. The quantitative estimate of drug-likeness (QED) is 0.782. The second kappa shape index (κ2) is 9.17. The molecule has 1 rings (SSSR count). The fraction of sp³-hybridized carbons (Fsp3) is 0.471. The van der Waals surface area contributed by atoms with Crippen LogP contribution in [0.1, 0.15) is 41.3 Å². The molecule has 114 valence electrons. The Morgan fingerprint density at radius 3 is 2.57 bits per heavy atom. The van der Waals surface area contributed by atoms with E-state index in [2.05, 4.69) is 11.8 Å². The third kappa shape index (κ3) is 5.58. The van der Waals surface area contributed by atoms with Crippen LogP contribution in [-0.2, 0) is 0 Å². The monoisotopic (exact) mass is 289 g/mol. The SMILES string of the molecule is CCCN(CCO)C(=O)c1cc(C)cc(C#CCCO)c1. The van der Waals surface area contributed by atoms with Gasteiger partial charge in [0.05, 0.1) is 13.2 Å². The van der Waals surface area contributed by atoms with Crippen molar-refractivity contribution in [2.75, 3.05) is 26.3 Å². The summed E-state index contributed by atoms with van der Waals surface area (Å²) < 4.78 is 0. The molecule has 0 unspecified atom stereocenters. The molecule has 4 nitrogen and oxygen atoms in total. The molecule has 0 atom stereocenters. The van der Waals surface area contributed by atoms with Crippen molar-refractivity contribution in [1.29, 1.82) is 0 Å². The first kappa shape index (κ1) is 17.2. The van der Waals surface area contributed by atoms with Gasteiger partial charge in [0.1, 0.15) is 0 Å². The summed E-state index contributed by atoms with van der Waals surface area (Å²) in [5, 5.41) is 17.8. The molecule has 1 amide bonds. The molecule has 0 radical (unpaired) electrons. The Kier molecular flexibility index (Phi) is 7.52. The van der Waals surface area contributed by atoms with Crippen molar-refractivity contribution >= 4 is 5.91 Å². The highest BCUT2D eigenvalue weighted by molar-refractivity contribution is 5.94. The highest BCUT2D eigenvalue weighted by Gasteiger charge is 2.15. The fourth-order valence-electron chi connectivity index (χ4n) is 2.09. The summed E-state index contributed by atoms with van der Waals surface area (Å²) >= 11 is 0. The minimum Gasteiger partial charge on any atom is -0.395 e. The summed E-state index contributed by atoms with van der Waals surface area (Å²) in [4.78, 5) is 14.1. The van der Waals surface area contributed by atoms with Crippen molar-refractivity contribution < 1.29 is 15.0 Å². The van der Waals surface area contributed by atoms with Gasteiger partial charge in [-0.3, -0.25) is 4.79 Å². The highest BCUT2D eigenvalue weighted by atomic mass is 16.3. The molecule has 0 aliphatic heterocycles. The van der Waals surface area contributed by atoms with Crippen molar-refractivity contribution in [3.8, 4) is 11.8 Å². The zero-order valence-corrected chi connectivity index (χ0v) is 12.7. The van der Waals surface area contributed by atoms with Crippen LogP contribution >= 0.6 is 0 Å². The van der Waals surface area contributed by atoms with Gasteiger partial charge in [-0.25, -0.2) is 0 Å². The number of carbonyl (C=O) groups is 1. The van der Waals surface area contributed by atoms with E-state index in [1.54, 1.807) is 11.0 Å². The van der Waals surface area contributed by atoms with E-state index >= 15 is 0 Å². The van der Waals surface area contributed by atoms with Gasteiger partial charge in [0.2, 0.25) is 0 Å². The lowest BCUT2D eigenvalue weighted by molar-refractivity contribution is 0.0722. The molecule has 0 aliphatic rings. The Morgan fingerprint density at radius 1 is 1.19 bits per heavy atom. The molecule has 0 saturated carbocycles. The van der Waals surface area contributed by atoms with Gasteiger partial charge in [0, 0.05) is 30.6 Å². The molecule has 1 aromatic rings. The zero-order chi connectivity index (χ0) is 15.7. The molecule has 0 aromatic heterocycles. The number of hydrogen-bond acceptors (Lipinski definition) is 3. The topological polar surface area (TPSA) is 60.8 Å². The number of nitrogens with zero attached hydrogens (tertiary/aromatic N) is 1. The molecular formula is C17H23NO3. The number of aliphatic hydroxyl groups excluding tert-OH is 2. The van der Waals surface area contributed by atoms with Gasteiger partial charge in [0.25, 0.3) is 5.91 Å². The van der Waals surface area contributed by atoms with E-state index in [-0.39, 0.29) is 19.1 Å². The summed E-state index contributed by atoms with van der Waals surface area (Å²) in [5.41, 5.74) is 2.33. The number of rotatable bonds is 6. The van der Waals surface area contributed by atoms with E-state index in [4.69, 9.17) is 10.2 Å². The van der Waals surface area contributed by atoms with Crippen LogP contribution in [0.4, 0.5) is 0 Å². The molecule has 0 heterocycles. The van der Waals surface area contributed by atoms with Crippen LogP contribution in [0.15, 0.2) is 18.2 Å². The molecule has 0 aliphatic carbocycles. The predicted octanol–water partition coefficient (Wildman–Crippen LogP) is 1.57. The highest BCUT2D eigenvalue weighted by Crippen LogP contribution is 2.12. The van der Waals surface area contributed by atoms with Gasteiger partial charge >= 0.3 is 0 Å². The average molecular weight is 289 g/mol. The lowest BCUT2D eigenvalue weighted by Gasteiger charge is -2.21. The first-order valence-electron chi connectivity index (χ1n) is 7.24. The Labute approximate surface area is 126 Å². The maximum absolute atomic E-state index is 12.5. The summed E-state index contributed by atoms with van der Waals surface area (Å²) in [6, 6.07) is 5.51. The number of amides is 1. The van der Waals surface area contributed by atoms with Gasteiger partial charge < -0.3 is 15.1 Å². The minimum atomic E-state index is -0.0835. The van der Waals surface area contributed by atoms with Gasteiger partial charge in [-0.05, 0) is 37.1 Å². The maximum atomic E-state index is 12.5. The summed E-state index contributed by atoms with van der Waals surface area (Å²) in [7, 11) is 0. The molecule has 2 N–H and O–H groups in total. The fourth-order valence-corrected chi connectivity index (χ4v) is 2.09. The molecule has 0 fully saturated rings. The van der Waals surface area contributed by atoms with E-state index in [0.717, 1.165) is 17.5 Å². The third-order valence-electron chi connectivity index (χ3n) is 2.94. The lowest BCUT2D eigenvalue weighted by Crippen LogP contribution is -2.34. The predicted molar refractivity (Wildman–Crippen MR) is 83.0 cm³/mol. The maximum Gasteiger partial charge on any atom is 0.253 e. The van der Waals surface area contributed by atoms with Crippen LogP contribution in [0.25, 0.3) is 0 Å². The van der Waals surface area contributed by atoms with Crippen molar-refractivity contribution in [3.05, 3.63) is 34.9 Å². The molecule has 4 heteroatoms. The van der Waals surface area contributed by atoms with E-state index < -0.39 is 0 Å². The molecule has 0 bridgehead atoms. The van der Waals surface area contributed by atoms with Gasteiger partial charge in [-0.1, -0.05) is 18.8 Å². The van der Waals surface area contributed by atoms with E-state index in [0.29, 0.717) is 25.1 Å². The smallest absolute Gasteiger partial charge is 0.253 e. The van der Waals surface area contributed by atoms with Crippen LogP contribution in [0, 0.1) is 18.8 Å². The Bertz CT molecular complexity index is 523. The second-order valence-electron chi connectivity index (χ2n) is 4.88. The lowest BCUT2D eigenvalue weighted by atomic mass is 10.1. The number of benzene rings is 1. The van der Waals surface area contributed by atoms with E-state index in [1.165, 1.54) is 0 Å². The van der Waals surface area contributed by atoms with Gasteiger partial charge in [-0.15, -0.1) is 0 Å². The summed E-state index contributed by atoms with van der Waals surface area (Å²) in [6.07, 6.45) is 1.27. The van der Waals surface area contributed by atoms with Crippen LogP contribution < -0.4 is 0 Å². The number of carbonyl (C=O) groups excluding carboxylic acids is 1.